The number of carbonyl (C=O) groups is 1. The van der Waals surface area contributed by atoms with Crippen LogP contribution in [-0.4, -0.2) is 64.2 Å². The molecule has 2 aromatic carbocycles. The Morgan fingerprint density at radius 3 is 2.77 bits per heavy atom. The van der Waals surface area contributed by atoms with Crippen LogP contribution in [0.3, 0.4) is 0 Å². The average Bonchev–Trinajstić information content (AvgIpc) is 3.37. The summed E-state index contributed by atoms with van der Waals surface area (Å²) in [7, 11) is 2.16. The maximum Gasteiger partial charge on any atom is 0.247 e. The van der Waals surface area contributed by atoms with Crippen molar-refractivity contribution < 1.29 is 4.79 Å². The molecular formula is C22H23N7O. The maximum absolute atomic E-state index is 11.6. The highest BCUT2D eigenvalue weighted by atomic mass is 16.1. The molecule has 0 aliphatic carbocycles. The fourth-order valence-electron chi connectivity index (χ4n) is 3.84. The van der Waals surface area contributed by atoms with Gasteiger partial charge in [0.2, 0.25) is 5.91 Å². The lowest BCUT2D eigenvalue weighted by molar-refractivity contribution is -0.111. The molecule has 4 aromatic rings. The number of aromatic amines is 2. The van der Waals surface area contributed by atoms with Crippen LogP contribution in [0.15, 0.2) is 49.1 Å². The van der Waals surface area contributed by atoms with Crippen LogP contribution < -0.4 is 10.2 Å². The van der Waals surface area contributed by atoms with Crippen LogP contribution in [0.4, 0.5) is 11.4 Å². The molecule has 3 heterocycles. The molecule has 0 saturated carbocycles. The molecule has 0 atom stereocenters. The van der Waals surface area contributed by atoms with Gasteiger partial charge in [0, 0.05) is 42.9 Å². The number of hydrogen-bond acceptors (Lipinski definition) is 5. The molecule has 1 fully saturated rings. The number of imidazole rings is 1. The van der Waals surface area contributed by atoms with E-state index in [1.54, 1.807) is 0 Å². The Kier molecular flexibility index (Phi) is 4.48. The highest BCUT2D eigenvalue weighted by Gasteiger charge is 2.17. The number of benzene rings is 2. The molecule has 8 nitrogen and oxygen atoms in total. The molecule has 1 saturated heterocycles. The van der Waals surface area contributed by atoms with Gasteiger partial charge < -0.3 is 20.1 Å². The van der Waals surface area contributed by atoms with E-state index in [9.17, 15) is 4.79 Å². The number of likely N-dealkylation sites (N-methyl/N-ethyl adjacent to an activating group) is 1. The fraction of sp³-hybridized carbons (Fsp3) is 0.227. The Morgan fingerprint density at radius 2 is 1.97 bits per heavy atom. The van der Waals surface area contributed by atoms with Gasteiger partial charge in [-0.1, -0.05) is 6.58 Å². The van der Waals surface area contributed by atoms with E-state index in [1.807, 2.05) is 24.3 Å². The van der Waals surface area contributed by atoms with E-state index in [1.165, 1.54) is 11.8 Å². The molecule has 0 radical (unpaired) electrons. The van der Waals surface area contributed by atoms with Crippen molar-refractivity contribution in [3.8, 4) is 11.5 Å². The number of piperazine rings is 1. The van der Waals surface area contributed by atoms with Crippen LogP contribution in [0.25, 0.3) is 33.5 Å². The number of H-pyrrole nitrogens is 2. The molecule has 0 spiro atoms. The van der Waals surface area contributed by atoms with E-state index < -0.39 is 0 Å². The van der Waals surface area contributed by atoms with Crippen LogP contribution in [0, 0.1) is 0 Å². The Labute approximate surface area is 173 Å². The molecule has 152 valence electrons. The molecule has 1 amide bonds. The summed E-state index contributed by atoms with van der Waals surface area (Å²) < 4.78 is 0. The second-order valence-electron chi connectivity index (χ2n) is 7.60. The zero-order chi connectivity index (χ0) is 20.7. The normalized spacial score (nSPS) is 15.0. The van der Waals surface area contributed by atoms with Crippen molar-refractivity contribution in [1.29, 1.82) is 0 Å². The number of fused-ring (bicyclic) bond motifs is 2. The standard InChI is InChI=1S/C22H23N7O/c1-3-20(30)23-14-4-6-17-16(12-14)21(27-26-17)22-24-18-7-5-15(13-19(18)25-22)29-10-8-28(2)9-11-29/h3-7,12-13H,1,8-11H2,2H3,(H,23,30)(H,24,25)(H,26,27). The summed E-state index contributed by atoms with van der Waals surface area (Å²) in [5.41, 5.74) is 5.36. The van der Waals surface area contributed by atoms with Crippen molar-refractivity contribution in [2.75, 3.05) is 43.4 Å². The van der Waals surface area contributed by atoms with Crippen LogP contribution in [-0.2, 0) is 4.79 Å². The summed E-state index contributed by atoms with van der Waals surface area (Å²) in [5, 5.41) is 11.2. The average molecular weight is 401 g/mol. The lowest BCUT2D eigenvalue weighted by Gasteiger charge is -2.34. The first kappa shape index (κ1) is 18.4. The number of nitrogens with one attached hydrogen (secondary N) is 3. The molecule has 8 heteroatoms. The van der Waals surface area contributed by atoms with Crippen LogP contribution >= 0.6 is 0 Å². The number of carbonyl (C=O) groups excluding carboxylic acids is 1. The summed E-state index contributed by atoms with van der Waals surface area (Å²) in [6.45, 7) is 7.66. The van der Waals surface area contributed by atoms with Gasteiger partial charge in [0.1, 0.15) is 5.69 Å². The second-order valence-corrected chi connectivity index (χ2v) is 7.60. The number of hydrogen-bond donors (Lipinski definition) is 3. The monoisotopic (exact) mass is 401 g/mol. The number of rotatable bonds is 4. The number of amides is 1. The number of nitrogens with zero attached hydrogens (tertiary/aromatic N) is 4. The van der Waals surface area contributed by atoms with Crippen molar-refractivity contribution in [3.63, 3.8) is 0 Å². The van der Waals surface area contributed by atoms with Crippen molar-refractivity contribution >= 4 is 39.2 Å². The van der Waals surface area contributed by atoms with Crippen LogP contribution in [0.5, 0.6) is 0 Å². The van der Waals surface area contributed by atoms with Gasteiger partial charge in [-0.2, -0.15) is 5.10 Å². The Bertz CT molecular complexity index is 1250. The number of aromatic nitrogens is 4. The zero-order valence-electron chi connectivity index (χ0n) is 16.8. The Morgan fingerprint density at radius 1 is 1.13 bits per heavy atom. The van der Waals surface area contributed by atoms with Crippen LogP contribution in [0.1, 0.15) is 0 Å². The predicted octanol–water partition coefficient (Wildman–Crippen LogP) is 2.98. The SMILES string of the molecule is C=CC(=O)Nc1ccc2[nH]nc(-c3nc4ccc(N5CCN(C)CC5)cc4[nH]3)c2c1. The molecule has 1 aliphatic rings. The summed E-state index contributed by atoms with van der Waals surface area (Å²) in [4.78, 5) is 24.5. The third-order valence-electron chi connectivity index (χ3n) is 5.57. The van der Waals surface area contributed by atoms with Gasteiger partial charge >= 0.3 is 0 Å². The molecule has 3 N–H and O–H groups in total. The number of anilines is 2. The lowest BCUT2D eigenvalue weighted by Crippen LogP contribution is -2.44. The molecule has 0 unspecified atom stereocenters. The molecule has 2 aromatic heterocycles. The summed E-state index contributed by atoms with van der Waals surface area (Å²) in [6, 6.07) is 11.9. The largest absolute Gasteiger partial charge is 0.369 e. The maximum atomic E-state index is 11.6. The minimum atomic E-state index is -0.250. The van der Waals surface area contributed by atoms with E-state index in [0.717, 1.165) is 53.8 Å². The summed E-state index contributed by atoms with van der Waals surface area (Å²) in [6.07, 6.45) is 1.25. The van der Waals surface area contributed by atoms with Crippen LogP contribution in [0.2, 0.25) is 0 Å². The molecular weight excluding hydrogens is 378 g/mol. The van der Waals surface area contributed by atoms with Gasteiger partial charge in [-0.15, -0.1) is 0 Å². The van der Waals surface area contributed by atoms with E-state index >= 15 is 0 Å². The highest BCUT2D eigenvalue weighted by molar-refractivity contribution is 6.02. The van der Waals surface area contributed by atoms with E-state index in [-0.39, 0.29) is 5.91 Å². The minimum Gasteiger partial charge on any atom is -0.369 e. The van der Waals surface area contributed by atoms with Gasteiger partial charge in [-0.3, -0.25) is 9.89 Å². The third kappa shape index (κ3) is 3.31. The highest BCUT2D eigenvalue weighted by Crippen LogP contribution is 2.29. The van der Waals surface area contributed by atoms with E-state index in [0.29, 0.717) is 11.5 Å². The van der Waals surface area contributed by atoms with Crippen molar-refractivity contribution in [2.24, 2.45) is 0 Å². The fourth-order valence-corrected chi connectivity index (χ4v) is 3.84. The Balaban J connectivity index is 1.49. The third-order valence-corrected chi connectivity index (χ3v) is 5.57. The lowest BCUT2D eigenvalue weighted by atomic mass is 10.2. The van der Waals surface area contributed by atoms with Crippen molar-refractivity contribution in [3.05, 3.63) is 49.1 Å². The molecule has 0 bridgehead atoms. The van der Waals surface area contributed by atoms with E-state index in [4.69, 9.17) is 4.98 Å². The minimum absolute atomic E-state index is 0.250. The quantitative estimate of drug-likeness (QED) is 0.457. The first-order valence-corrected chi connectivity index (χ1v) is 9.96. The Hall–Kier alpha value is -3.65. The van der Waals surface area contributed by atoms with Gasteiger partial charge in [0.25, 0.3) is 0 Å². The second kappa shape index (κ2) is 7.31. The van der Waals surface area contributed by atoms with Crippen molar-refractivity contribution in [1.82, 2.24) is 25.1 Å². The van der Waals surface area contributed by atoms with Gasteiger partial charge in [-0.05, 0) is 49.5 Å². The molecule has 5 rings (SSSR count). The van der Waals surface area contributed by atoms with Gasteiger partial charge in [0.05, 0.1) is 16.6 Å². The van der Waals surface area contributed by atoms with Crippen molar-refractivity contribution in [2.45, 2.75) is 0 Å². The summed E-state index contributed by atoms with van der Waals surface area (Å²) >= 11 is 0. The molecule has 1 aliphatic heterocycles. The van der Waals surface area contributed by atoms with E-state index in [2.05, 4.69) is 56.1 Å². The zero-order valence-corrected chi connectivity index (χ0v) is 16.8. The topological polar surface area (TPSA) is 92.9 Å². The van der Waals surface area contributed by atoms with Gasteiger partial charge in [-0.25, -0.2) is 4.98 Å². The smallest absolute Gasteiger partial charge is 0.247 e. The first-order valence-electron chi connectivity index (χ1n) is 9.96. The first-order chi connectivity index (χ1) is 14.6. The predicted molar refractivity (Wildman–Crippen MR) is 120 cm³/mol. The summed E-state index contributed by atoms with van der Waals surface area (Å²) in [5.74, 6) is 0.443. The molecule has 30 heavy (non-hydrogen) atoms. The van der Waals surface area contributed by atoms with Gasteiger partial charge in [0.15, 0.2) is 5.82 Å².